The van der Waals surface area contributed by atoms with Crippen molar-refractivity contribution in [3.05, 3.63) is 53.6 Å². The number of benzene rings is 2. The Kier molecular flexibility index (Phi) is 4.97. The molecule has 0 unspecified atom stereocenters. The molecule has 0 aromatic heterocycles. The van der Waals surface area contributed by atoms with E-state index < -0.39 is 0 Å². The quantitative estimate of drug-likeness (QED) is 0.909. The number of ether oxygens (including phenoxy) is 2. The Bertz CT molecular complexity index is 744. The van der Waals surface area contributed by atoms with Gasteiger partial charge in [0.25, 0.3) is 0 Å². The molecule has 0 fully saturated rings. The number of anilines is 1. The van der Waals surface area contributed by atoms with E-state index in [9.17, 15) is 4.79 Å². The summed E-state index contributed by atoms with van der Waals surface area (Å²) in [5.74, 6) is 1.47. The van der Waals surface area contributed by atoms with Gasteiger partial charge in [-0.25, -0.2) is 4.79 Å². The summed E-state index contributed by atoms with van der Waals surface area (Å²) in [5, 5.41) is 2.92. The van der Waals surface area contributed by atoms with Crippen LogP contribution < -0.4 is 19.7 Å². The molecule has 1 aliphatic heterocycles. The van der Waals surface area contributed by atoms with E-state index in [4.69, 9.17) is 9.47 Å². The molecule has 1 aliphatic rings. The number of nitrogens with one attached hydrogen (secondary N) is 1. The van der Waals surface area contributed by atoms with E-state index >= 15 is 0 Å². The monoisotopic (exact) mass is 341 g/mol. The molecule has 0 aliphatic carbocycles. The number of amides is 2. The molecular formula is C19H23N3O3. The van der Waals surface area contributed by atoms with Gasteiger partial charge in [0.15, 0.2) is 11.5 Å². The fourth-order valence-electron chi connectivity index (χ4n) is 2.61. The van der Waals surface area contributed by atoms with Gasteiger partial charge in [-0.1, -0.05) is 18.2 Å². The predicted molar refractivity (Wildman–Crippen MR) is 97.0 cm³/mol. The predicted octanol–water partition coefficient (Wildman–Crippen LogP) is 2.82. The molecule has 25 heavy (non-hydrogen) atoms. The Hall–Kier alpha value is -2.89. The first kappa shape index (κ1) is 17.0. The molecule has 0 radical (unpaired) electrons. The van der Waals surface area contributed by atoms with Crippen LogP contribution >= 0.6 is 0 Å². The van der Waals surface area contributed by atoms with Crippen molar-refractivity contribution in [2.75, 3.05) is 32.8 Å². The number of fused-ring (bicyclic) bond motifs is 1. The van der Waals surface area contributed by atoms with Crippen molar-refractivity contribution in [1.82, 2.24) is 10.2 Å². The summed E-state index contributed by atoms with van der Waals surface area (Å²) in [7, 11) is 5.80. The van der Waals surface area contributed by atoms with Crippen molar-refractivity contribution in [3.8, 4) is 11.5 Å². The third-order valence-electron chi connectivity index (χ3n) is 4.10. The second kappa shape index (κ2) is 7.34. The minimum Gasteiger partial charge on any atom is -0.454 e. The van der Waals surface area contributed by atoms with E-state index in [0.29, 0.717) is 13.1 Å². The van der Waals surface area contributed by atoms with Crippen LogP contribution in [0.1, 0.15) is 11.1 Å². The minimum absolute atomic E-state index is 0.116. The smallest absolute Gasteiger partial charge is 0.317 e. The van der Waals surface area contributed by atoms with Crippen LogP contribution in [-0.2, 0) is 13.1 Å². The number of rotatable bonds is 5. The lowest BCUT2D eigenvalue weighted by atomic mass is 10.2. The molecule has 3 rings (SSSR count). The van der Waals surface area contributed by atoms with Gasteiger partial charge in [-0.15, -0.1) is 0 Å². The van der Waals surface area contributed by atoms with Crippen LogP contribution in [0.5, 0.6) is 11.5 Å². The molecule has 2 aromatic rings. The number of carbonyl (C=O) groups excluding carboxylic acids is 1. The zero-order valence-corrected chi connectivity index (χ0v) is 14.8. The van der Waals surface area contributed by atoms with Crippen LogP contribution in [0.3, 0.4) is 0 Å². The molecule has 132 valence electrons. The third kappa shape index (κ3) is 4.15. The molecule has 6 heteroatoms. The van der Waals surface area contributed by atoms with Crippen molar-refractivity contribution in [2.24, 2.45) is 0 Å². The Morgan fingerprint density at radius 2 is 1.68 bits per heavy atom. The maximum atomic E-state index is 12.3. The standard InChI is InChI=1S/C19H23N3O3/c1-21(2)16-7-4-14(5-8-16)12-22(3)19(23)20-11-15-6-9-17-18(10-15)25-13-24-17/h4-10H,11-13H2,1-3H3,(H,20,23). The Balaban J connectivity index is 1.52. The van der Waals surface area contributed by atoms with Crippen LogP contribution in [-0.4, -0.2) is 38.9 Å². The average molecular weight is 341 g/mol. The highest BCUT2D eigenvalue weighted by Crippen LogP contribution is 2.32. The molecule has 0 bridgehead atoms. The van der Waals surface area contributed by atoms with Crippen LogP contribution in [0.4, 0.5) is 10.5 Å². The van der Waals surface area contributed by atoms with Gasteiger partial charge in [0, 0.05) is 39.9 Å². The number of hydrogen-bond donors (Lipinski definition) is 1. The summed E-state index contributed by atoms with van der Waals surface area (Å²) in [6.45, 7) is 1.25. The van der Waals surface area contributed by atoms with E-state index in [0.717, 1.165) is 28.3 Å². The van der Waals surface area contributed by atoms with E-state index in [2.05, 4.69) is 5.32 Å². The third-order valence-corrected chi connectivity index (χ3v) is 4.10. The Labute approximate surface area is 147 Å². The lowest BCUT2D eigenvalue weighted by Gasteiger charge is -2.19. The molecule has 0 saturated carbocycles. The fourth-order valence-corrected chi connectivity index (χ4v) is 2.61. The van der Waals surface area contributed by atoms with Gasteiger partial charge in [0.1, 0.15) is 0 Å². The summed E-state index contributed by atoms with van der Waals surface area (Å²) in [6, 6.07) is 13.7. The van der Waals surface area contributed by atoms with Crippen LogP contribution in [0.2, 0.25) is 0 Å². The topological polar surface area (TPSA) is 54.0 Å². The van der Waals surface area contributed by atoms with Crippen LogP contribution in [0.25, 0.3) is 0 Å². The molecule has 2 amide bonds. The average Bonchev–Trinajstić information content (AvgIpc) is 3.07. The number of carbonyl (C=O) groups is 1. The number of urea groups is 1. The first-order chi connectivity index (χ1) is 12.0. The number of nitrogens with zero attached hydrogens (tertiary/aromatic N) is 2. The fraction of sp³-hybridized carbons (Fsp3) is 0.316. The van der Waals surface area contributed by atoms with Crippen molar-refractivity contribution >= 4 is 11.7 Å². The van der Waals surface area contributed by atoms with Gasteiger partial charge in [-0.2, -0.15) is 0 Å². The zero-order valence-electron chi connectivity index (χ0n) is 14.8. The molecule has 0 atom stereocenters. The summed E-state index contributed by atoms with van der Waals surface area (Å²) >= 11 is 0. The lowest BCUT2D eigenvalue weighted by molar-refractivity contribution is 0.174. The second-order valence-electron chi connectivity index (χ2n) is 6.26. The van der Waals surface area contributed by atoms with Gasteiger partial charge >= 0.3 is 6.03 Å². The zero-order chi connectivity index (χ0) is 17.8. The summed E-state index contributed by atoms with van der Waals surface area (Å²) in [5.41, 5.74) is 3.20. The summed E-state index contributed by atoms with van der Waals surface area (Å²) in [6.07, 6.45) is 0. The Morgan fingerprint density at radius 3 is 2.40 bits per heavy atom. The van der Waals surface area contributed by atoms with Crippen LogP contribution in [0, 0.1) is 0 Å². The molecule has 2 aromatic carbocycles. The summed E-state index contributed by atoms with van der Waals surface area (Å²) in [4.78, 5) is 16.0. The SMILES string of the molecule is CN(Cc1ccc(N(C)C)cc1)C(=O)NCc1ccc2c(c1)OCO2. The highest BCUT2D eigenvalue weighted by molar-refractivity contribution is 5.73. The molecular weight excluding hydrogens is 318 g/mol. The van der Waals surface area contributed by atoms with E-state index in [1.807, 2.05) is 61.5 Å². The van der Waals surface area contributed by atoms with Crippen LogP contribution in [0.15, 0.2) is 42.5 Å². The summed E-state index contributed by atoms with van der Waals surface area (Å²) < 4.78 is 10.6. The minimum atomic E-state index is -0.116. The van der Waals surface area contributed by atoms with Gasteiger partial charge in [0.2, 0.25) is 6.79 Å². The second-order valence-corrected chi connectivity index (χ2v) is 6.26. The largest absolute Gasteiger partial charge is 0.454 e. The van der Waals surface area contributed by atoms with Gasteiger partial charge in [0.05, 0.1) is 0 Å². The van der Waals surface area contributed by atoms with E-state index in [-0.39, 0.29) is 12.8 Å². The molecule has 1 heterocycles. The maximum absolute atomic E-state index is 12.3. The Morgan fingerprint density at radius 1 is 1.00 bits per heavy atom. The van der Waals surface area contributed by atoms with Gasteiger partial charge < -0.3 is 24.6 Å². The maximum Gasteiger partial charge on any atom is 0.317 e. The van der Waals surface area contributed by atoms with Gasteiger partial charge in [-0.3, -0.25) is 0 Å². The highest BCUT2D eigenvalue weighted by atomic mass is 16.7. The normalized spacial score (nSPS) is 12.0. The lowest BCUT2D eigenvalue weighted by Crippen LogP contribution is -2.36. The first-order valence-electron chi connectivity index (χ1n) is 8.16. The van der Waals surface area contributed by atoms with E-state index in [1.165, 1.54) is 0 Å². The number of hydrogen-bond acceptors (Lipinski definition) is 4. The van der Waals surface area contributed by atoms with Crippen molar-refractivity contribution in [1.29, 1.82) is 0 Å². The first-order valence-corrected chi connectivity index (χ1v) is 8.16. The molecule has 0 saturated heterocycles. The highest BCUT2D eigenvalue weighted by Gasteiger charge is 2.14. The van der Waals surface area contributed by atoms with Crippen molar-refractivity contribution in [2.45, 2.75) is 13.1 Å². The van der Waals surface area contributed by atoms with Gasteiger partial charge in [-0.05, 0) is 35.4 Å². The van der Waals surface area contributed by atoms with Crippen molar-refractivity contribution < 1.29 is 14.3 Å². The molecule has 0 spiro atoms. The van der Waals surface area contributed by atoms with E-state index in [1.54, 1.807) is 11.9 Å². The van der Waals surface area contributed by atoms with Crippen molar-refractivity contribution in [3.63, 3.8) is 0 Å². The molecule has 6 nitrogen and oxygen atoms in total. The molecule has 1 N–H and O–H groups in total.